The zero-order valence-electron chi connectivity index (χ0n) is 10.2. The van der Waals surface area contributed by atoms with E-state index in [1.54, 1.807) is 0 Å². The van der Waals surface area contributed by atoms with Crippen LogP contribution in [0.5, 0.6) is 0 Å². The zero-order chi connectivity index (χ0) is 13.1. The molecule has 1 fully saturated rings. The molecule has 3 nitrogen and oxygen atoms in total. The molecule has 0 aliphatic carbocycles. The Kier molecular flexibility index (Phi) is 4.65. The van der Waals surface area contributed by atoms with Gasteiger partial charge in [0, 0.05) is 33.6 Å². The fourth-order valence-corrected chi connectivity index (χ4v) is 2.89. The molecule has 1 unspecified atom stereocenters. The van der Waals surface area contributed by atoms with E-state index < -0.39 is 0 Å². The molecule has 5 heteroatoms. The van der Waals surface area contributed by atoms with Gasteiger partial charge in [0.05, 0.1) is 0 Å². The smallest absolute Gasteiger partial charge is 0.127 e. The van der Waals surface area contributed by atoms with E-state index in [1.807, 2.05) is 13.0 Å². The van der Waals surface area contributed by atoms with Crippen LogP contribution in [0.1, 0.15) is 30.4 Å². The van der Waals surface area contributed by atoms with Crippen molar-refractivity contribution in [2.75, 3.05) is 11.9 Å². The molecule has 1 heterocycles. The van der Waals surface area contributed by atoms with E-state index in [1.165, 1.54) is 12.6 Å². The standard InChI is InChI=1S/C13H16BrClN2O/c1-8-10(15)6-11(9(7-16)13(8)14)17-12-4-2-3-5-18-12/h6-7,12,16-17H,2-5H2,1H3. The molecule has 18 heavy (non-hydrogen) atoms. The number of anilines is 1. The molecule has 1 aromatic rings. The van der Waals surface area contributed by atoms with Crippen LogP contribution >= 0.6 is 27.5 Å². The van der Waals surface area contributed by atoms with Crippen molar-refractivity contribution in [3.05, 3.63) is 26.7 Å². The number of hydrogen-bond donors (Lipinski definition) is 2. The predicted molar refractivity (Wildman–Crippen MR) is 79.0 cm³/mol. The maximum atomic E-state index is 7.53. The highest BCUT2D eigenvalue weighted by atomic mass is 79.9. The Morgan fingerprint density at radius 2 is 2.33 bits per heavy atom. The van der Waals surface area contributed by atoms with Crippen LogP contribution in [-0.2, 0) is 4.74 Å². The van der Waals surface area contributed by atoms with E-state index in [0.29, 0.717) is 5.02 Å². The predicted octanol–water partition coefficient (Wildman–Crippen LogP) is 4.35. The van der Waals surface area contributed by atoms with Gasteiger partial charge in [-0.05, 0) is 53.7 Å². The van der Waals surface area contributed by atoms with Crippen LogP contribution in [0.4, 0.5) is 5.69 Å². The number of hydrogen-bond acceptors (Lipinski definition) is 3. The fourth-order valence-electron chi connectivity index (χ4n) is 2.03. The third-order valence-electron chi connectivity index (χ3n) is 3.13. The average Bonchev–Trinajstić information content (AvgIpc) is 2.38. The Hall–Kier alpha value is -0.580. The Morgan fingerprint density at radius 3 is 2.94 bits per heavy atom. The van der Waals surface area contributed by atoms with Crippen LogP contribution in [0.25, 0.3) is 0 Å². The lowest BCUT2D eigenvalue weighted by Crippen LogP contribution is -2.27. The molecule has 1 aromatic carbocycles. The molecule has 1 atom stereocenters. The zero-order valence-corrected chi connectivity index (χ0v) is 12.6. The highest BCUT2D eigenvalue weighted by Crippen LogP contribution is 2.33. The summed E-state index contributed by atoms with van der Waals surface area (Å²) in [6, 6.07) is 1.86. The molecule has 0 radical (unpaired) electrons. The molecule has 1 saturated heterocycles. The van der Waals surface area contributed by atoms with Crippen LogP contribution < -0.4 is 5.32 Å². The molecule has 2 rings (SSSR count). The third kappa shape index (κ3) is 2.87. The van der Waals surface area contributed by atoms with Crippen molar-refractivity contribution in [2.24, 2.45) is 0 Å². The summed E-state index contributed by atoms with van der Waals surface area (Å²) in [6.45, 7) is 2.72. The quantitative estimate of drug-likeness (QED) is 0.809. The highest BCUT2D eigenvalue weighted by Gasteiger charge is 2.17. The summed E-state index contributed by atoms with van der Waals surface area (Å²) in [6.07, 6.45) is 4.62. The Morgan fingerprint density at radius 1 is 1.56 bits per heavy atom. The molecule has 0 aromatic heterocycles. The second kappa shape index (κ2) is 6.04. The van der Waals surface area contributed by atoms with Crippen LogP contribution in [0, 0.1) is 12.3 Å². The summed E-state index contributed by atoms with van der Waals surface area (Å²) in [7, 11) is 0. The van der Waals surface area contributed by atoms with Gasteiger partial charge in [0.15, 0.2) is 0 Å². The van der Waals surface area contributed by atoms with Crippen LogP contribution in [-0.4, -0.2) is 19.0 Å². The Balaban J connectivity index is 2.28. The van der Waals surface area contributed by atoms with Crippen molar-refractivity contribution in [2.45, 2.75) is 32.4 Å². The van der Waals surface area contributed by atoms with Gasteiger partial charge in [-0.2, -0.15) is 0 Å². The molecule has 0 saturated carbocycles. The lowest BCUT2D eigenvalue weighted by atomic mass is 10.1. The van der Waals surface area contributed by atoms with Crippen LogP contribution in [0.15, 0.2) is 10.5 Å². The first-order valence-corrected chi connectivity index (χ1v) is 7.17. The van der Waals surface area contributed by atoms with Gasteiger partial charge in [-0.25, -0.2) is 0 Å². The molecular weight excluding hydrogens is 316 g/mol. The normalized spacial score (nSPS) is 19.6. The van der Waals surface area contributed by atoms with Gasteiger partial charge >= 0.3 is 0 Å². The first-order chi connectivity index (χ1) is 8.63. The van der Waals surface area contributed by atoms with Crippen molar-refractivity contribution in [3.63, 3.8) is 0 Å². The molecule has 1 aliphatic heterocycles. The number of halogens is 2. The summed E-state index contributed by atoms with van der Waals surface area (Å²) in [5.74, 6) is 0. The van der Waals surface area contributed by atoms with Crippen molar-refractivity contribution in [1.82, 2.24) is 0 Å². The number of rotatable bonds is 3. The minimum atomic E-state index is 0.0168. The first kappa shape index (κ1) is 13.8. The monoisotopic (exact) mass is 330 g/mol. The van der Waals surface area contributed by atoms with E-state index in [2.05, 4.69) is 21.2 Å². The molecule has 0 bridgehead atoms. The fraction of sp³-hybridized carbons (Fsp3) is 0.462. The maximum absolute atomic E-state index is 7.53. The van der Waals surface area contributed by atoms with Gasteiger partial charge in [0.1, 0.15) is 6.23 Å². The van der Waals surface area contributed by atoms with E-state index in [9.17, 15) is 0 Å². The van der Waals surface area contributed by atoms with Crippen molar-refractivity contribution in [1.29, 1.82) is 5.41 Å². The summed E-state index contributed by atoms with van der Waals surface area (Å²) in [5, 5.41) is 11.5. The minimum absolute atomic E-state index is 0.0168. The Bertz CT molecular complexity index is 459. The van der Waals surface area contributed by atoms with Gasteiger partial charge in [-0.1, -0.05) is 11.6 Å². The first-order valence-electron chi connectivity index (χ1n) is 6.00. The van der Waals surface area contributed by atoms with Crippen molar-refractivity contribution < 1.29 is 4.74 Å². The number of benzene rings is 1. The Labute approximate surface area is 120 Å². The lowest BCUT2D eigenvalue weighted by molar-refractivity contribution is 0.0343. The summed E-state index contributed by atoms with van der Waals surface area (Å²) in [5.41, 5.74) is 2.61. The van der Waals surface area contributed by atoms with E-state index in [4.69, 9.17) is 21.7 Å². The van der Waals surface area contributed by atoms with Crippen molar-refractivity contribution in [3.8, 4) is 0 Å². The van der Waals surface area contributed by atoms with E-state index in [-0.39, 0.29) is 6.23 Å². The van der Waals surface area contributed by atoms with Gasteiger partial charge in [-0.3, -0.25) is 0 Å². The maximum Gasteiger partial charge on any atom is 0.127 e. The van der Waals surface area contributed by atoms with Crippen LogP contribution in [0.2, 0.25) is 5.02 Å². The van der Waals surface area contributed by atoms with Crippen molar-refractivity contribution >= 4 is 39.4 Å². The molecule has 0 spiro atoms. The average molecular weight is 332 g/mol. The third-order valence-corrected chi connectivity index (χ3v) is 4.54. The summed E-state index contributed by atoms with van der Waals surface area (Å²) in [4.78, 5) is 0. The second-order valence-electron chi connectivity index (χ2n) is 4.40. The molecule has 0 amide bonds. The molecular formula is C13H16BrClN2O. The van der Waals surface area contributed by atoms with Crippen LogP contribution in [0.3, 0.4) is 0 Å². The second-order valence-corrected chi connectivity index (χ2v) is 5.60. The number of nitrogens with one attached hydrogen (secondary N) is 2. The van der Waals surface area contributed by atoms with Gasteiger partial charge < -0.3 is 15.5 Å². The largest absolute Gasteiger partial charge is 0.360 e. The van der Waals surface area contributed by atoms with Gasteiger partial charge in [0.25, 0.3) is 0 Å². The van der Waals surface area contributed by atoms with Gasteiger partial charge in [0.2, 0.25) is 0 Å². The molecule has 2 N–H and O–H groups in total. The van der Waals surface area contributed by atoms with E-state index in [0.717, 1.165) is 40.7 Å². The van der Waals surface area contributed by atoms with E-state index >= 15 is 0 Å². The lowest BCUT2D eigenvalue weighted by Gasteiger charge is -2.26. The molecule has 1 aliphatic rings. The minimum Gasteiger partial charge on any atom is -0.360 e. The SMILES string of the molecule is Cc1c(Cl)cc(NC2CCCCO2)c(C=N)c1Br. The summed E-state index contributed by atoms with van der Waals surface area (Å²) >= 11 is 9.67. The van der Waals surface area contributed by atoms with Gasteiger partial charge in [-0.15, -0.1) is 0 Å². The number of ether oxygens (including phenoxy) is 1. The molecule has 98 valence electrons. The highest BCUT2D eigenvalue weighted by molar-refractivity contribution is 9.10. The topological polar surface area (TPSA) is 45.1 Å². The summed E-state index contributed by atoms with van der Waals surface area (Å²) < 4.78 is 6.51.